The van der Waals surface area contributed by atoms with Crippen LogP contribution in [0.5, 0.6) is 0 Å². The van der Waals surface area contributed by atoms with Gasteiger partial charge in [-0.2, -0.15) is 11.8 Å². The molecule has 0 aromatic heterocycles. The van der Waals surface area contributed by atoms with Gasteiger partial charge < -0.3 is 0 Å². The monoisotopic (exact) mass is 274 g/mol. The number of carbonyl (C=O) groups excluding carboxylic acids is 1. The summed E-state index contributed by atoms with van der Waals surface area (Å²) in [6, 6.07) is 4.50. The maximum Gasteiger partial charge on any atom is 0.147 e. The van der Waals surface area contributed by atoms with Crippen LogP contribution in [-0.4, -0.2) is 17.3 Å². The molecule has 0 aliphatic rings. The highest BCUT2D eigenvalue weighted by Crippen LogP contribution is 2.16. The molecular formula is C13H16ClFOS. The Balaban J connectivity index is 2.42. The number of Topliss-reactive ketones (excluding diaryl/α,β-unsaturated/α-hetero) is 1. The number of thioether (sulfide) groups is 1. The van der Waals surface area contributed by atoms with Gasteiger partial charge in [0, 0.05) is 6.42 Å². The van der Waals surface area contributed by atoms with Gasteiger partial charge in [-0.3, -0.25) is 4.79 Å². The minimum Gasteiger partial charge on any atom is -0.298 e. The molecular weight excluding hydrogens is 259 g/mol. The quantitative estimate of drug-likeness (QED) is 0.780. The van der Waals surface area contributed by atoms with Crippen LogP contribution in [0.3, 0.4) is 0 Å². The molecule has 0 aliphatic heterocycles. The van der Waals surface area contributed by atoms with Gasteiger partial charge >= 0.3 is 0 Å². The Morgan fingerprint density at radius 2 is 2.18 bits per heavy atom. The highest BCUT2D eigenvalue weighted by atomic mass is 35.5. The van der Waals surface area contributed by atoms with Gasteiger partial charge in [0.05, 0.1) is 10.8 Å². The average Bonchev–Trinajstić information content (AvgIpc) is 2.23. The second-order valence-electron chi connectivity index (χ2n) is 4.37. The molecule has 0 bridgehead atoms. The van der Waals surface area contributed by atoms with Crippen molar-refractivity contribution < 1.29 is 9.18 Å². The van der Waals surface area contributed by atoms with Crippen LogP contribution in [0.4, 0.5) is 4.39 Å². The summed E-state index contributed by atoms with van der Waals surface area (Å²) in [5.41, 5.74) is 0.682. The summed E-state index contributed by atoms with van der Waals surface area (Å²) in [7, 11) is 0. The third-order valence-corrected chi connectivity index (χ3v) is 3.83. The van der Waals surface area contributed by atoms with Gasteiger partial charge in [0.15, 0.2) is 0 Å². The van der Waals surface area contributed by atoms with Crippen LogP contribution in [-0.2, 0) is 11.2 Å². The van der Waals surface area contributed by atoms with Crippen LogP contribution in [0.1, 0.15) is 19.4 Å². The SMILES string of the molecule is CC(C)CSCC(=O)Cc1ccc(Cl)c(F)c1. The van der Waals surface area contributed by atoms with E-state index >= 15 is 0 Å². The van der Waals surface area contributed by atoms with Crippen molar-refractivity contribution in [2.24, 2.45) is 5.92 Å². The molecule has 0 saturated carbocycles. The molecule has 1 nitrogen and oxygen atoms in total. The van der Waals surface area contributed by atoms with Crippen molar-refractivity contribution in [3.8, 4) is 0 Å². The van der Waals surface area contributed by atoms with Gasteiger partial charge in [-0.25, -0.2) is 4.39 Å². The molecule has 1 aromatic carbocycles. The minimum atomic E-state index is -0.466. The van der Waals surface area contributed by atoms with E-state index in [1.54, 1.807) is 17.8 Å². The van der Waals surface area contributed by atoms with Gasteiger partial charge in [0.2, 0.25) is 0 Å². The fourth-order valence-corrected chi connectivity index (χ4v) is 2.37. The summed E-state index contributed by atoms with van der Waals surface area (Å²) >= 11 is 7.20. The van der Waals surface area contributed by atoms with Crippen molar-refractivity contribution in [1.82, 2.24) is 0 Å². The zero-order valence-electron chi connectivity index (χ0n) is 10.0. The Kier molecular flexibility index (Phi) is 6.00. The van der Waals surface area contributed by atoms with Crippen molar-refractivity contribution in [2.45, 2.75) is 20.3 Å². The number of ketones is 1. The molecule has 94 valence electrons. The Labute approximate surface area is 111 Å². The van der Waals surface area contributed by atoms with E-state index in [-0.39, 0.29) is 17.2 Å². The fourth-order valence-electron chi connectivity index (χ4n) is 1.34. The van der Waals surface area contributed by atoms with Crippen molar-refractivity contribution >= 4 is 29.1 Å². The van der Waals surface area contributed by atoms with Crippen molar-refractivity contribution in [3.63, 3.8) is 0 Å². The average molecular weight is 275 g/mol. The van der Waals surface area contributed by atoms with Gasteiger partial charge in [-0.1, -0.05) is 31.5 Å². The molecule has 0 saturated heterocycles. The smallest absolute Gasteiger partial charge is 0.147 e. The first kappa shape index (κ1) is 14.5. The molecule has 4 heteroatoms. The summed E-state index contributed by atoms with van der Waals surface area (Å²) in [6.07, 6.45) is 0.277. The molecule has 0 unspecified atom stereocenters. The highest BCUT2D eigenvalue weighted by molar-refractivity contribution is 7.99. The molecule has 0 amide bonds. The lowest BCUT2D eigenvalue weighted by atomic mass is 10.1. The van der Waals surface area contributed by atoms with Crippen molar-refractivity contribution in [3.05, 3.63) is 34.6 Å². The molecule has 0 spiro atoms. The van der Waals surface area contributed by atoms with E-state index in [9.17, 15) is 9.18 Å². The van der Waals surface area contributed by atoms with E-state index in [2.05, 4.69) is 13.8 Å². The van der Waals surface area contributed by atoms with Crippen LogP contribution < -0.4 is 0 Å². The molecule has 0 N–H and O–H groups in total. The Hall–Kier alpha value is -0.540. The molecule has 0 aliphatic carbocycles. The Morgan fingerprint density at radius 3 is 2.76 bits per heavy atom. The van der Waals surface area contributed by atoms with E-state index < -0.39 is 5.82 Å². The third kappa shape index (κ3) is 5.55. The summed E-state index contributed by atoms with van der Waals surface area (Å²) in [4.78, 5) is 11.6. The molecule has 17 heavy (non-hydrogen) atoms. The zero-order valence-corrected chi connectivity index (χ0v) is 11.6. The van der Waals surface area contributed by atoms with Crippen LogP contribution >= 0.6 is 23.4 Å². The number of halogens is 2. The standard InChI is InChI=1S/C13H16ClFOS/c1-9(2)7-17-8-11(16)5-10-3-4-12(14)13(15)6-10/h3-4,6,9H,5,7-8H2,1-2H3. The number of benzene rings is 1. The number of hydrogen-bond acceptors (Lipinski definition) is 2. The van der Waals surface area contributed by atoms with Gasteiger partial charge in [-0.15, -0.1) is 0 Å². The minimum absolute atomic E-state index is 0.0929. The molecule has 1 rings (SSSR count). The molecule has 0 heterocycles. The Morgan fingerprint density at radius 1 is 1.47 bits per heavy atom. The molecule has 1 aromatic rings. The summed E-state index contributed by atoms with van der Waals surface area (Å²) in [6.45, 7) is 4.23. The second kappa shape index (κ2) is 7.02. The van der Waals surface area contributed by atoms with Crippen LogP contribution in [0, 0.1) is 11.7 Å². The lowest BCUT2D eigenvalue weighted by molar-refractivity contribution is -0.116. The lowest BCUT2D eigenvalue weighted by Crippen LogP contribution is -2.07. The van der Waals surface area contributed by atoms with E-state index in [0.717, 1.165) is 5.75 Å². The summed E-state index contributed by atoms with van der Waals surface area (Å²) in [5.74, 6) is 1.70. The van der Waals surface area contributed by atoms with Crippen LogP contribution in [0.15, 0.2) is 18.2 Å². The van der Waals surface area contributed by atoms with Crippen molar-refractivity contribution in [2.75, 3.05) is 11.5 Å². The predicted octanol–water partition coefficient (Wildman–Crippen LogP) is 3.98. The summed E-state index contributed by atoms with van der Waals surface area (Å²) in [5, 5.41) is 0.0929. The zero-order chi connectivity index (χ0) is 12.8. The fraction of sp³-hybridized carbons (Fsp3) is 0.462. The topological polar surface area (TPSA) is 17.1 Å². The lowest BCUT2D eigenvalue weighted by Gasteiger charge is -2.04. The summed E-state index contributed by atoms with van der Waals surface area (Å²) < 4.78 is 13.1. The first-order valence-electron chi connectivity index (χ1n) is 5.52. The first-order valence-corrected chi connectivity index (χ1v) is 7.05. The van der Waals surface area contributed by atoms with Gasteiger partial charge in [0.25, 0.3) is 0 Å². The van der Waals surface area contributed by atoms with E-state index in [4.69, 9.17) is 11.6 Å². The third-order valence-electron chi connectivity index (χ3n) is 2.10. The predicted molar refractivity (Wildman–Crippen MR) is 72.3 cm³/mol. The number of hydrogen-bond donors (Lipinski definition) is 0. The molecule has 0 fully saturated rings. The normalized spacial score (nSPS) is 10.9. The maximum atomic E-state index is 13.1. The van der Waals surface area contributed by atoms with E-state index in [1.165, 1.54) is 12.1 Å². The van der Waals surface area contributed by atoms with Gasteiger partial charge in [-0.05, 0) is 29.4 Å². The Bertz CT molecular complexity index is 393. The second-order valence-corrected chi connectivity index (χ2v) is 5.81. The van der Waals surface area contributed by atoms with Crippen molar-refractivity contribution in [1.29, 1.82) is 0 Å². The number of rotatable bonds is 6. The largest absolute Gasteiger partial charge is 0.298 e. The van der Waals surface area contributed by atoms with Crippen LogP contribution in [0.2, 0.25) is 5.02 Å². The van der Waals surface area contributed by atoms with Gasteiger partial charge in [0.1, 0.15) is 11.6 Å². The molecule has 0 atom stereocenters. The number of carbonyl (C=O) groups is 1. The first-order chi connectivity index (χ1) is 7.99. The highest BCUT2D eigenvalue weighted by Gasteiger charge is 2.07. The van der Waals surface area contributed by atoms with Crippen LogP contribution in [0.25, 0.3) is 0 Å². The maximum absolute atomic E-state index is 13.1. The van der Waals surface area contributed by atoms with E-state index in [1.807, 2.05) is 0 Å². The van der Waals surface area contributed by atoms with E-state index in [0.29, 0.717) is 17.2 Å². The molecule has 0 radical (unpaired) electrons.